The molecule has 1 aliphatic heterocycles. The Morgan fingerprint density at radius 2 is 2.17 bits per heavy atom. The molecule has 0 aromatic carbocycles. The SMILES string of the molecule is Cc1cc(CC[C@@H]2CCCN2C(=O)CCc2ccnn2C)ccn1. The summed E-state index contributed by atoms with van der Waals surface area (Å²) in [4.78, 5) is 19.0. The van der Waals surface area contributed by atoms with Gasteiger partial charge in [0, 0.05) is 49.8 Å². The second-order valence-corrected chi connectivity index (χ2v) is 6.67. The smallest absolute Gasteiger partial charge is 0.223 e. The van der Waals surface area contributed by atoms with Crippen LogP contribution in [0.4, 0.5) is 0 Å². The van der Waals surface area contributed by atoms with Crippen molar-refractivity contribution in [2.45, 2.75) is 51.5 Å². The van der Waals surface area contributed by atoms with E-state index in [9.17, 15) is 4.79 Å². The van der Waals surface area contributed by atoms with Crippen molar-refractivity contribution in [3.8, 4) is 0 Å². The number of likely N-dealkylation sites (tertiary alicyclic amines) is 1. The molecule has 1 atom stereocenters. The van der Waals surface area contributed by atoms with Crippen molar-refractivity contribution in [1.29, 1.82) is 0 Å². The lowest BCUT2D eigenvalue weighted by atomic mass is 10.0. The average molecular weight is 326 g/mol. The van der Waals surface area contributed by atoms with Crippen LogP contribution in [0.2, 0.25) is 0 Å². The predicted octanol–water partition coefficient (Wildman–Crippen LogP) is 2.68. The molecule has 1 amide bonds. The van der Waals surface area contributed by atoms with Crippen LogP contribution in [-0.4, -0.2) is 38.2 Å². The van der Waals surface area contributed by atoms with Gasteiger partial charge < -0.3 is 4.90 Å². The molecule has 1 saturated heterocycles. The minimum absolute atomic E-state index is 0.282. The summed E-state index contributed by atoms with van der Waals surface area (Å²) in [6.07, 6.45) is 9.30. The highest BCUT2D eigenvalue weighted by molar-refractivity contribution is 5.77. The van der Waals surface area contributed by atoms with E-state index in [0.717, 1.165) is 50.0 Å². The molecule has 1 fully saturated rings. The van der Waals surface area contributed by atoms with E-state index in [0.29, 0.717) is 12.5 Å². The van der Waals surface area contributed by atoms with Gasteiger partial charge >= 0.3 is 0 Å². The molecule has 5 heteroatoms. The lowest BCUT2D eigenvalue weighted by Gasteiger charge is -2.25. The molecule has 0 spiro atoms. The molecule has 2 aromatic heterocycles. The number of rotatable bonds is 6. The van der Waals surface area contributed by atoms with Gasteiger partial charge in [0.2, 0.25) is 5.91 Å². The normalized spacial score (nSPS) is 17.4. The van der Waals surface area contributed by atoms with Gasteiger partial charge in [0.05, 0.1) is 0 Å². The number of pyridine rings is 1. The molecular formula is C19H26N4O. The number of nitrogens with zero attached hydrogens (tertiary/aromatic N) is 4. The van der Waals surface area contributed by atoms with Gasteiger partial charge in [0.1, 0.15) is 0 Å². The van der Waals surface area contributed by atoms with E-state index >= 15 is 0 Å². The molecule has 3 heterocycles. The summed E-state index contributed by atoms with van der Waals surface area (Å²) in [6, 6.07) is 6.60. The van der Waals surface area contributed by atoms with E-state index < -0.39 is 0 Å². The largest absolute Gasteiger partial charge is 0.340 e. The zero-order valence-corrected chi connectivity index (χ0v) is 14.6. The van der Waals surface area contributed by atoms with E-state index in [2.05, 4.69) is 27.1 Å². The molecule has 5 nitrogen and oxygen atoms in total. The molecule has 0 N–H and O–H groups in total. The minimum Gasteiger partial charge on any atom is -0.340 e. The third-order valence-corrected chi connectivity index (χ3v) is 4.94. The first-order valence-corrected chi connectivity index (χ1v) is 8.81. The Hall–Kier alpha value is -2.17. The molecule has 128 valence electrons. The monoisotopic (exact) mass is 326 g/mol. The lowest BCUT2D eigenvalue weighted by molar-refractivity contribution is -0.132. The van der Waals surface area contributed by atoms with Gasteiger partial charge in [-0.05, 0) is 62.8 Å². The van der Waals surface area contributed by atoms with E-state index in [1.165, 1.54) is 5.56 Å². The fraction of sp³-hybridized carbons (Fsp3) is 0.526. The Balaban J connectivity index is 1.52. The summed E-state index contributed by atoms with van der Waals surface area (Å²) in [5.41, 5.74) is 3.49. The van der Waals surface area contributed by atoms with E-state index in [1.807, 2.05) is 30.9 Å². The molecule has 2 aromatic rings. The van der Waals surface area contributed by atoms with Crippen molar-refractivity contribution in [2.75, 3.05) is 6.54 Å². The fourth-order valence-corrected chi connectivity index (χ4v) is 3.58. The maximum atomic E-state index is 12.6. The Bertz CT molecular complexity index is 694. The predicted molar refractivity (Wildman–Crippen MR) is 93.6 cm³/mol. The van der Waals surface area contributed by atoms with Gasteiger partial charge in [0.25, 0.3) is 0 Å². The standard InChI is InChI=1S/C19H26N4O/c1-15-14-16(9-11-20-15)5-6-18-4-3-13-23(18)19(24)8-7-17-10-12-21-22(17)2/h9-12,14,18H,3-8,13H2,1-2H3/t18-/m0/s1. The van der Waals surface area contributed by atoms with E-state index in [1.54, 1.807) is 6.20 Å². The first-order valence-electron chi connectivity index (χ1n) is 8.81. The number of aryl methyl sites for hydroxylation is 4. The summed E-state index contributed by atoms with van der Waals surface area (Å²) < 4.78 is 1.85. The molecular weight excluding hydrogens is 300 g/mol. The molecule has 0 unspecified atom stereocenters. The van der Waals surface area contributed by atoms with Crippen molar-refractivity contribution in [2.24, 2.45) is 7.05 Å². The van der Waals surface area contributed by atoms with Crippen LogP contribution in [0.3, 0.4) is 0 Å². The highest BCUT2D eigenvalue weighted by atomic mass is 16.2. The van der Waals surface area contributed by atoms with Gasteiger partial charge in [-0.15, -0.1) is 0 Å². The van der Waals surface area contributed by atoms with Crippen molar-refractivity contribution in [3.05, 3.63) is 47.5 Å². The molecule has 0 radical (unpaired) electrons. The van der Waals surface area contributed by atoms with Gasteiger partial charge in [0.15, 0.2) is 0 Å². The van der Waals surface area contributed by atoms with Crippen LogP contribution in [0.1, 0.15) is 42.6 Å². The minimum atomic E-state index is 0.282. The highest BCUT2D eigenvalue weighted by Gasteiger charge is 2.28. The third-order valence-electron chi connectivity index (χ3n) is 4.94. The van der Waals surface area contributed by atoms with Crippen LogP contribution >= 0.6 is 0 Å². The van der Waals surface area contributed by atoms with Crippen molar-refractivity contribution < 1.29 is 4.79 Å². The number of carbonyl (C=O) groups excluding carboxylic acids is 1. The van der Waals surface area contributed by atoms with Crippen LogP contribution in [0.25, 0.3) is 0 Å². The lowest BCUT2D eigenvalue weighted by Crippen LogP contribution is -2.36. The average Bonchev–Trinajstić information content (AvgIpc) is 3.19. The summed E-state index contributed by atoms with van der Waals surface area (Å²) in [5.74, 6) is 0.282. The fourth-order valence-electron chi connectivity index (χ4n) is 3.58. The van der Waals surface area contributed by atoms with Crippen LogP contribution < -0.4 is 0 Å². The Morgan fingerprint density at radius 3 is 2.92 bits per heavy atom. The second-order valence-electron chi connectivity index (χ2n) is 6.67. The highest BCUT2D eigenvalue weighted by Crippen LogP contribution is 2.23. The Labute approximate surface area is 143 Å². The molecule has 0 bridgehead atoms. The first-order chi connectivity index (χ1) is 11.6. The first kappa shape index (κ1) is 16.7. The number of carbonyl (C=O) groups is 1. The van der Waals surface area contributed by atoms with Crippen LogP contribution in [0.5, 0.6) is 0 Å². The second kappa shape index (κ2) is 7.60. The summed E-state index contributed by atoms with van der Waals surface area (Å²) in [5, 5.41) is 4.16. The Kier molecular flexibility index (Phi) is 5.28. The number of amides is 1. The van der Waals surface area contributed by atoms with E-state index in [4.69, 9.17) is 0 Å². The third kappa shape index (κ3) is 4.02. The van der Waals surface area contributed by atoms with Crippen LogP contribution in [0.15, 0.2) is 30.6 Å². The molecule has 3 rings (SSSR count). The zero-order chi connectivity index (χ0) is 16.9. The number of hydrogen-bond acceptors (Lipinski definition) is 3. The quantitative estimate of drug-likeness (QED) is 0.820. The molecule has 0 saturated carbocycles. The van der Waals surface area contributed by atoms with Gasteiger partial charge in [-0.25, -0.2) is 0 Å². The Morgan fingerprint density at radius 1 is 1.29 bits per heavy atom. The molecule has 24 heavy (non-hydrogen) atoms. The zero-order valence-electron chi connectivity index (χ0n) is 14.6. The van der Waals surface area contributed by atoms with E-state index in [-0.39, 0.29) is 5.91 Å². The van der Waals surface area contributed by atoms with Crippen molar-refractivity contribution >= 4 is 5.91 Å². The summed E-state index contributed by atoms with van der Waals surface area (Å²) >= 11 is 0. The van der Waals surface area contributed by atoms with Gasteiger partial charge in [-0.1, -0.05) is 0 Å². The summed E-state index contributed by atoms with van der Waals surface area (Å²) in [6.45, 7) is 2.93. The number of hydrogen-bond donors (Lipinski definition) is 0. The van der Waals surface area contributed by atoms with Crippen molar-refractivity contribution in [1.82, 2.24) is 19.7 Å². The van der Waals surface area contributed by atoms with Gasteiger partial charge in [-0.2, -0.15) is 5.10 Å². The van der Waals surface area contributed by atoms with Crippen LogP contribution in [0, 0.1) is 6.92 Å². The maximum absolute atomic E-state index is 12.6. The summed E-state index contributed by atoms with van der Waals surface area (Å²) in [7, 11) is 1.93. The van der Waals surface area contributed by atoms with Crippen molar-refractivity contribution in [3.63, 3.8) is 0 Å². The number of aromatic nitrogens is 3. The van der Waals surface area contributed by atoms with Crippen LogP contribution in [-0.2, 0) is 24.7 Å². The molecule has 0 aliphatic carbocycles. The van der Waals surface area contributed by atoms with Gasteiger partial charge in [-0.3, -0.25) is 14.5 Å². The molecule has 1 aliphatic rings. The topological polar surface area (TPSA) is 51.0 Å². The maximum Gasteiger partial charge on any atom is 0.223 e.